The van der Waals surface area contributed by atoms with E-state index < -0.39 is 0 Å². The van der Waals surface area contributed by atoms with E-state index in [1.807, 2.05) is 25.6 Å². The Balaban J connectivity index is 2.50. The van der Waals surface area contributed by atoms with Gasteiger partial charge in [0.15, 0.2) is 0 Å². The molecule has 134 valence electrons. The number of hydrogen-bond acceptors (Lipinski definition) is 4. The minimum atomic E-state index is -0.281. The Morgan fingerprint density at radius 2 is 1.87 bits per heavy atom. The summed E-state index contributed by atoms with van der Waals surface area (Å²) >= 11 is 1.90. The minimum absolute atomic E-state index is 0.0638. The van der Waals surface area contributed by atoms with Crippen molar-refractivity contribution in [3.05, 3.63) is 0 Å². The molecule has 1 fully saturated rings. The van der Waals surface area contributed by atoms with E-state index in [-0.39, 0.29) is 18.2 Å². The van der Waals surface area contributed by atoms with Crippen LogP contribution in [0, 0.1) is 5.92 Å². The summed E-state index contributed by atoms with van der Waals surface area (Å²) in [7, 11) is 0. The number of carbonyl (C=O) groups excluding carboxylic acids is 1. The third kappa shape index (κ3) is 8.09. The van der Waals surface area contributed by atoms with Crippen LogP contribution < -0.4 is 5.32 Å². The van der Waals surface area contributed by atoms with Gasteiger partial charge in [-0.1, -0.05) is 20.3 Å². The summed E-state index contributed by atoms with van der Waals surface area (Å²) in [4.78, 5) is 16.7. The highest BCUT2D eigenvalue weighted by molar-refractivity contribution is 8.13. The number of hydrogen-bond donors (Lipinski definition) is 1. The maximum Gasteiger partial charge on any atom is 0.407 e. The summed E-state index contributed by atoms with van der Waals surface area (Å²) in [5.41, 5.74) is 0. The van der Waals surface area contributed by atoms with Gasteiger partial charge in [0.2, 0.25) is 0 Å². The van der Waals surface area contributed by atoms with Crippen molar-refractivity contribution >= 4 is 22.9 Å². The maximum atomic E-state index is 11.7. The molecule has 5 heteroatoms. The number of aliphatic imine (C=N–C) groups is 1. The molecule has 1 aliphatic rings. The molecule has 1 unspecified atom stereocenters. The Hall–Kier alpha value is -0.710. The van der Waals surface area contributed by atoms with Gasteiger partial charge in [0.25, 0.3) is 0 Å². The van der Waals surface area contributed by atoms with Crippen molar-refractivity contribution in [3.8, 4) is 0 Å². The summed E-state index contributed by atoms with van der Waals surface area (Å²) in [6, 6.07) is 0.671. The highest BCUT2D eigenvalue weighted by Gasteiger charge is 2.26. The lowest BCUT2D eigenvalue weighted by atomic mass is 9.86. The van der Waals surface area contributed by atoms with Gasteiger partial charge in [0, 0.05) is 18.0 Å². The number of nitrogens with one attached hydrogen (secondary N) is 1. The number of carbonyl (C=O) groups is 1. The van der Waals surface area contributed by atoms with E-state index in [2.05, 4.69) is 26.1 Å². The second-order valence-corrected chi connectivity index (χ2v) is 7.97. The summed E-state index contributed by atoms with van der Waals surface area (Å²) in [6.45, 7) is 10.4. The van der Waals surface area contributed by atoms with Gasteiger partial charge in [-0.05, 0) is 58.6 Å². The molecule has 4 nitrogen and oxygen atoms in total. The third-order valence-corrected chi connectivity index (χ3v) is 5.11. The van der Waals surface area contributed by atoms with E-state index >= 15 is 0 Å². The standard InChI is InChI=1S/C18H34N2O2S/c1-6-8-14(5)19-17(23-7-2)15-9-11-16(12-10-15)20-18(21)22-13(3)4/h13-16H,6-12H2,1-5H3,(H,20,21). The molecule has 0 aromatic carbocycles. The first-order chi connectivity index (χ1) is 11.0. The normalized spacial score (nSPS) is 23.7. The summed E-state index contributed by atoms with van der Waals surface area (Å²) < 4.78 is 5.17. The van der Waals surface area contributed by atoms with Crippen LogP contribution in [0.1, 0.15) is 73.1 Å². The Morgan fingerprint density at radius 3 is 2.39 bits per heavy atom. The van der Waals surface area contributed by atoms with Gasteiger partial charge in [0.05, 0.1) is 11.1 Å². The van der Waals surface area contributed by atoms with Crippen LogP contribution in [-0.4, -0.2) is 35.1 Å². The summed E-state index contributed by atoms with van der Waals surface area (Å²) in [6.07, 6.45) is 6.25. The molecule has 0 spiro atoms. The Morgan fingerprint density at radius 1 is 1.22 bits per heavy atom. The summed E-state index contributed by atoms with van der Waals surface area (Å²) in [5.74, 6) is 1.65. The van der Waals surface area contributed by atoms with Gasteiger partial charge in [-0.15, -0.1) is 11.8 Å². The van der Waals surface area contributed by atoms with Crippen molar-refractivity contribution in [2.24, 2.45) is 10.9 Å². The topological polar surface area (TPSA) is 50.7 Å². The van der Waals surface area contributed by atoms with Gasteiger partial charge >= 0.3 is 6.09 Å². The predicted molar refractivity (Wildman–Crippen MR) is 100 cm³/mol. The molecule has 1 rings (SSSR count). The maximum absolute atomic E-state index is 11.7. The SMILES string of the molecule is CCCC(C)N=C(SCC)C1CCC(NC(=O)OC(C)C)CC1. The fourth-order valence-electron chi connectivity index (χ4n) is 3.01. The molecule has 0 saturated heterocycles. The van der Waals surface area contributed by atoms with Gasteiger partial charge in [0.1, 0.15) is 0 Å². The van der Waals surface area contributed by atoms with Gasteiger partial charge in [-0.3, -0.25) is 4.99 Å². The van der Waals surface area contributed by atoms with Crippen molar-refractivity contribution in [2.75, 3.05) is 5.75 Å². The molecular formula is C18H34N2O2S. The van der Waals surface area contributed by atoms with Crippen LogP contribution in [-0.2, 0) is 4.74 Å². The number of ether oxygens (including phenoxy) is 1. The lowest BCUT2D eigenvalue weighted by molar-refractivity contribution is 0.109. The highest BCUT2D eigenvalue weighted by Crippen LogP contribution is 2.30. The average molecular weight is 343 g/mol. The second kappa shape index (κ2) is 11.0. The number of thioether (sulfide) groups is 1. The molecule has 1 saturated carbocycles. The largest absolute Gasteiger partial charge is 0.447 e. The van der Waals surface area contributed by atoms with E-state index in [9.17, 15) is 4.79 Å². The van der Waals surface area contributed by atoms with Crippen molar-refractivity contribution in [2.45, 2.75) is 91.3 Å². The van der Waals surface area contributed by atoms with Crippen LogP contribution in [0.3, 0.4) is 0 Å². The Kier molecular flexibility index (Phi) is 9.68. The molecule has 0 aromatic rings. The molecule has 0 bridgehead atoms. The Labute approximate surface area is 146 Å². The van der Waals surface area contributed by atoms with Crippen molar-refractivity contribution < 1.29 is 9.53 Å². The van der Waals surface area contributed by atoms with Crippen LogP contribution in [0.15, 0.2) is 4.99 Å². The molecule has 1 atom stereocenters. The quantitative estimate of drug-likeness (QED) is 0.522. The monoisotopic (exact) mass is 342 g/mol. The van der Waals surface area contributed by atoms with Crippen LogP contribution in [0.25, 0.3) is 0 Å². The lowest BCUT2D eigenvalue weighted by Gasteiger charge is -2.30. The predicted octanol–water partition coefficient (Wildman–Crippen LogP) is 5.02. The number of alkyl carbamates (subject to hydrolysis) is 1. The van der Waals surface area contributed by atoms with Gasteiger partial charge in [-0.25, -0.2) is 4.79 Å². The minimum Gasteiger partial charge on any atom is -0.447 e. The first-order valence-corrected chi connectivity index (χ1v) is 10.1. The van der Waals surface area contributed by atoms with Gasteiger partial charge < -0.3 is 10.1 Å². The van der Waals surface area contributed by atoms with Crippen molar-refractivity contribution in [3.63, 3.8) is 0 Å². The van der Waals surface area contributed by atoms with E-state index in [0.717, 1.165) is 37.9 Å². The van der Waals surface area contributed by atoms with Crippen LogP contribution in [0.4, 0.5) is 4.79 Å². The molecule has 0 aliphatic heterocycles. The fourth-order valence-corrected chi connectivity index (χ4v) is 4.03. The van der Waals surface area contributed by atoms with E-state index in [1.165, 1.54) is 11.5 Å². The number of rotatable bonds is 7. The highest BCUT2D eigenvalue weighted by atomic mass is 32.2. The molecular weight excluding hydrogens is 308 g/mol. The molecule has 0 radical (unpaired) electrons. The zero-order valence-electron chi connectivity index (χ0n) is 15.4. The lowest BCUT2D eigenvalue weighted by Crippen LogP contribution is -2.39. The van der Waals surface area contributed by atoms with Crippen molar-refractivity contribution in [1.29, 1.82) is 0 Å². The third-order valence-electron chi connectivity index (χ3n) is 4.09. The molecule has 0 heterocycles. The van der Waals surface area contributed by atoms with E-state index in [4.69, 9.17) is 9.73 Å². The number of nitrogens with zero attached hydrogens (tertiary/aromatic N) is 1. The second-order valence-electron chi connectivity index (χ2n) is 6.68. The van der Waals surface area contributed by atoms with Crippen LogP contribution >= 0.6 is 11.8 Å². The smallest absolute Gasteiger partial charge is 0.407 e. The number of amides is 1. The molecule has 23 heavy (non-hydrogen) atoms. The molecule has 1 amide bonds. The Bertz CT molecular complexity index is 377. The first kappa shape index (κ1) is 20.3. The van der Waals surface area contributed by atoms with E-state index in [1.54, 1.807) is 0 Å². The van der Waals surface area contributed by atoms with E-state index in [0.29, 0.717) is 12.0 Å². The van der Waals surface area contributed by atoms with Crippen LogP contribution in [0.2, 0.25) is 0 Å². The average Bonchev–Trinajstić information content (AvgIpc) is 2.47. The zero-order chi connectivity index (χ0) is 17.2. The molecule has 0 aromatic heterocycles. The summed E-state index contributed by atoms with van der Waals surface area (Å²) in [5, 5.41) is 4.33. The van der Waals surface area contributed by atoms with Crippen LogP contribution in [0.5, 0.6) is 0 Å². The van der Waals surface area contributed by atoms with Crippen molar-refractivity contribution in [1.82, 2.24) is 5.32 Å². The molecule has 1 N–H and O–H groups in total. The first-order valence-electron chi connectivity index (χ1n) is 9.13. The zero-order valence-corrected chi connectivity index (χ0v) is 16.2. The van der Waals surface area contributed by atoms with Gasteiger partial charge in [-0.2, -0.15) is 0 Å². The fraction of sp³-hybridized carbons (Fsp3) is 0.889. The molecule has 1 aliphatic carbocycles.